The number of aromatic carboxylic acids is 1. The lowest BCUT2D eigenvalue weighted by Gasteiger charge is -2.28. The Bertz CT molecular complexity index is 946. The van der Waals surface area contributed by atoms with Gasteiger partial charge in [-0.1, -0.05) is 24.3 Å². The van der Waals surface area contributed by atoms with Gasteiger partial charge in [0.25, 0.3) is 11.8 Å². The van der Waals surface area contributed by atoms with E-state index < -0.39 is 23.8 Å². The lowest BCUT2D eigenvalue weighted by atomic mass is 10.1. The number of likely N-dealkylation sites (N-methyl/N-ethyl adjacent to an activating group) is 2. The highest BCUT2D eigenvalue weighted by Crippen LogP contribution is 2.27. The summed E-state index contributed by atoms with van der Waals surface area (Å²) in [7, 11) is 2.54. The molecule has 1 fully saturated rings. The summed E-state index contributed by atoms with van der Waals surface area (Å²) in [5.74, 6) is -2.43. The Morgan fingerprint density at radius 3 is 2.23 bits per heavy atom. The van der Waals surface area contributed by atoms with Gasteiger partial charge in [0.15, 0.2) is 0 Å². The summed E-state index contributed by atoms with van der Waals surface area (Å²) in [6.07, 6.45) is 1.22. The molecule has 0 N–H and O–H groups in total. The number of hydrogen-bond donors (Lipinski definition) is 0. The molecule has 8 nitrogen and oxygen atoms in total. The third-order valence-electron chi connectivity index (χ3n) is 3.97. The number of carboxylic acids is 1. The summed E-state index contributed by atoms with van der Waals surface area (Å²) in [6.45, 7) is 0. The fourth-order valence-electron chi connectivity index (χ4n) is 2.57. The van der Waals surface area contributed by atoms with Crippen molar-refractivity contribution in [2.75, 3.05) is 14.1 Å². The molecule has 0 saturated carbocycles. The first-order chi connectivity index (χ1) is 12.3. The summed E-state index contributed by atoms with van der Waals surface area (Å²) in [6, 6.07) is 8.43. The number of imide groups is 2. The zero-order valence-corrected chi connectivity index (χ0v) is 13.9. The van der Waals surface area contributed by atoms with Gasteiger partial charge in [0.05, 0.1) is 5.97 Å². The lowest BCUT2D eigenvalue weighted by Crippen LogP contribution is -2.52. The van der Waals surface area contributed by atoms with Crippen molar-refractivity contribution in [3.63, 3.8) is 0 Å². The van der Waals surface area contributed by atoms with E-state index in [1.165, 1.54) is 38.4 Å². The van der Waals surface area contributed by atoms with Crippen molar-refractivity contribution in [2.45, 2.75) is 0 Å². The van der Waals surface area contributed by atoms with Crippen LogP contribution in [-0.2, 0) is 9.59 Å². The molecule has 0 atom stereocenters. The van der Waals surface area contributed by atoms with Crippen molar-refractivity contribution in [3.05, 3.63) is 53.3 Å². The number of carboxylic acid groups (broad SMARTS) is 1. The molecule has 1 aliphatic heterocycles. The van der Waals surface area contributed by atoms with Crippen molar-refractivity contribution >= 4 is 29.9 Å². The molecule has 1 aromatic heterocycles. The van der Waals surface area contributed by atoms with Crippen LogP contribution < -0.4 is 5.11 Å². The predicted octanol–water partition coefficient (Wildman–Crippen LogP) is 0.744. The summed E-state index contributed by atoms with van der Waals surface area (Å²) < 4.78 is 5.56. The molecule has 0 aliphatic carbocycles. The van der Waals surface area contributed by atoms with Gasteiger partial charge in [0.1, 0.15) is 17.1 Å². The number of nitrogens with zero attached hydrogens (tertiary/aromatic N) is 2. The van der Waals surface area contributed by atoms with E-state index in [1.54, 1.807) is 18.2 Å². The first kappa shape index (κ1) is 17.2. The van der Waals surface area contributed by atoms with E-state index >= 15 is 0 Å². The number of urea groups is 1. The number of carbonyl (C=O) groups is 4. The SMILES string of the molecule is CN1C(=O)C(=Cc2ccc(-c3ccccc3C(=O)[O-])o2)C(=O)N(C)C1=O. The van der Waals surface area contributed by atoms with Gasteiger partial charge in [-0.05, 0) is 18.2 Å². The fourth-order valence-corrected chi connectivity index (χ4v) is 2.57. The molecule has 4 amide bonds. The van der Waals surface area contributed by atoms with Gasteiger partial charge >= 0.3 is 6.03 Å². The molecule has 8 heteroatoms. The van der Waals surface area contributed by atoms with Crippen molar-refractivity contribution in [2.24, 2.45) is 0 Å². The minimum Gasteiger partial charge on any atom is -0.545 e. The van der Waals surface area contributed by atoms with Gasteiger partial charge in [0.2, 0.25) is 0 Å². The predicted molar refractivity (Wildman–Crippen MR) is 87.4 cm³/mol. The highest BCUT2D eigenvalue weighted by molar-refractivity contribution is 6.30. The first-order valence-corrected chi connectivity index (χ1v) is 7.53. The first-order valence-electron chi connectivity index (χ1n) is 7.53. The number of benzene rings is 1. The Kier molecular flexibility index (Phi) is 4.17. The van der Waals surface area contributed by atoms with Crippen molar-refractivity contribution in [1.82, 2.24) is 9.80 Å². The van der Waals surface area contributed by atoms with Crippen LogP contribution in [0.1, 0.15) is 16.1 Å². The largest absolute Gasteiger partial charge is 0.545 e. The number of rotatable bonds is 3. The maximum absolute atomic E-state index is 12.2. The second kappa shape index (κ2) is 6.32. The van der Waals surface area contributed by atoms with Crippen LogP contribution >= 0.6 is 0 Å². The van der Waals surface area contributed by atoms with Crippen molar-refractivity contribution in [1.29, 1.82) is 0 Å². The standard InChI is InChI=1S/C18H14N2O6/c1-19-15(21)13(16(22)20(2)18(19)25)9-10-7-8-14(26-10)11-5-3-4-6-12(11)17(23)24/h3-9H,1-2H3,(H,23,24)/p-1. The van der Waals surface area contributed by atoms with Crippen molar-refractivity contribution in [3.8, 4) is 11.3 Å². The number of amides is 4. The number of furan rings is 1. The van der Waals surface area contributed by atoms with Gasteiger partial charge in [-0.3, -0.25) is 19.4 Å². The van der Waals surface area contributed by atoms with Gasteiger partial charge in [0, 0.05) is 25.2 Å². The number of carbonyl (C=O) groups excluding carboxylic acids is 4. The monoisotopic (exact) mass is 353 g/mol. The van der Waals surface area contributed by atoms with E-state index in [4.69, 9.17) is 4.42 Å². The van der Waals surface area contributed by atoms with Gasteiger partial charge in [-0.2, -0.15) is 0 Å². The van der Waals surface area contributed by atoms with Crippen LogP contribution in [0.25, 0.3) is 17.4 Å². The van der Waals surface area contributed by atoms with Crippen LogP contribution in [0, 0.1) is 0 Å². The molecule has 2 heterocycles. The Morgan fingerprint density at radius 2 is 1.62 bits per heavy atom. The molecule has 0 radical (unpaired) electrons. The van der Waals surface area contributed by atoms with Crippen LogP contribution in [0.4, 0.5) is 4.79 Å². The molecule has 0 spiro atoms. The molecular formula is C18H13N2O6-. The van der Waals surface area contributed by atoms with E-state index in [9.17, 15) is 24.3 Å². The van der Waals surface area contributed by atoms with Crippen LogP contribution in [-0.4, -0.2) is 47.7 Å². The molecule has 26 heavy (non-hydrogen) atoms. The highest BCUT2D eigenvalue weighted by atomic mass is 16.4. The summed E-state index contributed by atoms with van der Waals surface area (Å²) in [5, 5.41) is 11.2. The fraction of sp³-hybridized carbons (Fsp3) is 0.111. The Morgan fingerprint density at radius 1 is 1.00 bits per heavy atom. The summed E-state index contributed by atoms with van der Waals surface area (Å²) in [5.41, 5.74) is 0.0301. The third-order valence-corrected chi connectivity index (χ3v) is 3.97. The molecule has 0 bridgehead atoms. The second-order valence-corrected chi connectivity index (χ2v) is 5.60. The molecule has 132 valence electrons. The van der Waals surface area contributed by atoms with Crippen LogP contribution in [0.15, 0.2) is 46.4 Å². The smallest absolute Gasteiger partial charge is 0.333 e. The van der Waals surface area contributed by atoms with Gasteiger partial charge < -0.3 is 14.3 Å². The summed E-state index contributed by atoms with van der Waals surface area (Å²) in [4.78, 5) is 48.9. The van der Waals surface area contributed by atoms with E-state index in [0.717, 1.165) is 9.80 Å². The molecular weight excluding hydrogens is 340 g/mol. The topological polar surface area (TPSA) is 111 Å². The zero-order valence-electron chi connectivity index (χ0n) is 13.9. The average molecular weight is 353 g/mol. The Labute approximate surface area is 147 Å². The molecule has 3 rings (SSSR count). The average Bonchev–Trinajstić information content (AvgIpc) is 3.10. The van der Waals surface area contributed by atoms with E-state index in [-0.39, 0.29) is 22.7 Å². The number of hydrogen-bond acceptors (Lipinski definition) is 6. The maximum atomic E-state index is 12.2. The van der Waals surface area contributed by atoms with E-state index in [1.807, 2.05) is 0 Å². The normalized spacial score (nSPS) is 14.8. The second-order valence-electron chi connectivity index (χ2n) is 5.60. The zero-order chi connectivity index (χ0) is 19.0. The Balaban J connectivity index is 2.00. The Hall–Kier alpha value is -3.68. The van der Waals surface area contributed by atoms with Gasteiger partial charge in [-0.25, -0.2) is 4.79 Å². The highest BCUT2D eigenvalue weighted by Gasteiger charge is 2.38. The molecule has 0 unspecified atom stereocenters. The maximum Gasteiger partial charge on any atom is 0.333 e. The van der Waals surface area contributed by atoms with Gasteiger partial charge in [-0.15, -0.1) is 0 Å². The van der Waals surface area contributed by atoms with Crippen molar-refractivity contribution < 1.29 is 28.7 Å². The van der Waals surface area contributed by atoms with Crippen LogP contribution in [0.5, 0.6) is 0 Å². The molecule has 1 aliphatic rings. The van der Waals surface area contributed by atoms with E-state index in [2.05, 4.69) is 0 Å². The van der Waals surface area contributed by atoms with Crippen LogP contribution in [0.3, 0.4) is 0 Å². The lowest BCUT2D eigenvalue weighted by molar-refractivity contribution is -0.255. The quantitative estimate of drug-likeness (QED) is 0.594. The number of barbiturate groups is 1. The van der Waals surface area contributed by atoms with Crippen LogP contribution in [0.2, 0.25) is 0 Å². The van der Waals surface area contributed by atoms with E-state index in [0.29, 0.717) is 5.56 Å². The molecule has 1 aromatic carbocycles. The molecule has 1 saturated heterocycles. The minimum absolute atomic E-state index is 0.0454. The molecule has 2 aromatic rings. The summed E-state index contributed by atoms with van der Waals surface area (Å²) >= 11 is 0. The third kappa shape index (κ3) is 2.77. The minimum atomic E-state index is -1.35.